The third-order valence-electron chi connectivity index (χ3n) is 11.1. The van der Waals surface area contributed by atoms with Crippen molar-refractivity contribution in [3.63, 3.8) is 0 Å². The van der Waals surface area contributed by atoms with E-state index in [9.17, 15) is 19.2 Å². The summed E-state index contributed by atoms with van der Waals surface area (Å²) in [6.07, 6.45) is 1.78. The van der Waals surface area contributed by atoms with E-state index in [-0.39, 0.29) is 41.6 Å². The van der Waals surface area contributed by atoms with Crippen molar-refractivity contribution < 1.29 is 33.8 Å². The highest BCUT2D eigenvalue weighted by atomic mass is 79.9. The van der Waals surface area contributed by atoms with Crippen molar-refractivity contribution >= 4 is 39.9 Å². The molecule has 2 aliphatic carbocycles. The standard InChI is InChI=1S/C22H22BrNO3.C21H21NO4/c23-13-21(25)15-9-11-24(12-10-15)22(26)27-14-20-18-7-3-1-5-16(18)17-6-2-4-8-19(17)20;23-20(24)14-9-11-22(12-10-14)21(25)26-13-19-17-7-3-1-5-15(17)16-6-2-4-8-18(16)19/h1-8,15,20H,9-14H2;1-8,14,19H,9-13H2,(H,23,24). The summed E-state index contributed by atoms with van der Waals surface area (Å²) >= 11 is 3.23. The van der Waals surface area contributed by atoms with Gasteiger partial charge in [-0.25, -0.2) is 9.59 Å². The van der Waals surface area contributed by atoms with Crippen molar-refractivity contribution in [3.05, 3.63) is 119 Å². The molecular weight excluding hydrogens is 736 g/mol. The van der Waals surface area contributed by atoms with Gasteiger partial charge >= 0.3 is 18.2 Å². The lowest BCUT2D eigenvalue weighted by Gasteiger charge is -2.30. The molecule has 274 valence electrons. The van der Waals surface area contributed by atoms with Gasteiger partial charge in [-0.1, -0.05) is 113 Å². The molecule has 2 amide bonds. The number of alkyl halides is 1. The van der Waals surface area contributed by atoms with Crippen LogP contribution < -0.4 is 0 Å². The highest BCUT2D eigenvalue weighted by Gasteiger charge is 2.33. The number of Topliss-reactive ketones (excluding diaryl/α,β-unsaturated/α-hetero) is 1. The third kappa shape index (κ3) is 7.74. The van der Waals surface area contributed by atoms with Crippen LogP contribution in [0.2, 0.25) is 0 Å². The number of ether oxygens (including phenoxy) is 2. The Morgan fingerprint density at radius 2 is 0.868 bits per heavy atom. The van der Waals surface area contributed by atoms with E-state index in [2.05, 4.69) is 64.5 Å². The van der Waals surface area contributed by atoms with Gasteiger partial charge in [0.1, 0.15) is 19.0 Å². The lowest BCUT2D eigenvalue weighted by Crippen LogP contribution is -2.41. The fourth-order valence-electron chi connectivity index (χ4n) is 8.17. The molecule has 10 heteroatoms. The maximum absolute atomic E-state index is 12.5. The molecule has 53 heavy (non-hydrogen) atoms. The van der Waals surface area contributed by atoms with Gasteiger partial charge in [-0.2, -0.15) is 0 Å². The number of carbonyl (C=O) groups excluding carboxylic acids is 3. The predicted octanol–water partition coefficient (Wildman–Crippen LogP) is 8.34. The third-order valence-corrected chi connectivity index (χ3v) is 11.7. The van der Waals surface area contributed by atoms with Gasteiger partial charge in [-0.3, -0.25) is 9.59 Å². The van der Waals surface area contributed by atoms with E-state index in [4.69, 9.17) is 14.6 Å². The second kappa shape index (κ2) is 16.4. The molecule has 4 aliphatic rings. The smallest absolute Gasteiger partial charge is 0.409 e. The van der Waals surface area contributed by atoms with Crippen LogP contribution in [-0.4, -0.2) is 83.6 Å². The second-order valence-corrected chi connectivity index (χ2v) is 14.6. The Morgan fingerprint density at radius 1 is 0.547 bits per heavy atom. The van der Waals surface area contributed by atoms with Crippen LogP contribution >= 0.6 is 15.9 Å². The van der Waals surface area contributed by atoms with Crippen LogP contribution in [0.3, 0.4) is 0 Å². The molecule has 0 radical (unpaired) electrons. The maximum atomic E-state index is 12.5. The molecular formula is C43H43BrN2O7. The molecule has 4 aromatic carbocycles. The Bertz CT molecular complexity index is 1890. The highest BCUT2D eigenvalue weighted by Crippen LogP contribution is 2.45. The topological polar surface area (TPSA) is 113 Å². The zero-order valence-electron chi connectivity index (χ0n) is 29.5. The summed E-state index contributed by atoms with van der Waals surface area (Å²) in [6, 6.07) is 33.1. The molecule has 4 aromatic rings. The van der Waals surface area contributed by atoms with Gasteiger partial charge in [0.05, 0.1) is 11.2 Å². The van der Waals surface area contributed by atoms with E-state index in [1.165, 1.54) is 44.5 Å². The largest absolute Gasteiger partial charge is 0.481 e. The summed E-state index contributed by atoms with van der Waals surface area (Å²) in [5.41, 5.74) is 9.66. The van der Waals surface area contributed by atoms with Crippen LogP contribution in [0.1, 0.15) is 59.8 Å². The van der Waals surface area contributed by atoms with Crippen LogP contribution in [0.5, 0.6) is 0 Å². The number of amides is 2. The number of piperidine rings is 2. The normalized spacial score (nSPS) is 16.8. The van der Waals surface area contributed by atoms with Gasteiger partial charge in [0.2, 0.25) is 0 Å². The van der Waals surface area contributed by atoms with Crippen LogP contribution in [0, 0.1) is 11.8 Å². The van der Waals surface area contributed by atoms with Crippen molar-refractivity contribution in [2.24, 2.45) is 11.8 Å². The molecule has 0 spiro atoms. The Hall–Kier alpha value is -4.96. The monoisotopic (exact) mass is 778 g/mol. The average Bonchev–Trinajstić information content (AvgIpc) is 3.71. The lowest BCUT2D eigenvalue weighted by atomic mass is 9.93. The number of hydrogen-bond acceptors (Lipinski definition) is 6. The summed E-state index contributed by atoms with van der Waals surface area (Å²) in [7, 11) is 0. The number of fused-ring (bicyclic) bond motifs is 6. The molecule has 2 heterocycles. The first-order valence-electron chi connectivity index (χ1n) is 18.3. The summed E-state index contributed by atoms with van der Waals surface area (Å²) in [6.45, 7) is 2.68. The number of aliphatic carboxylic acids is 1. The predicted molar refractivity (Wildman–Crippen MR) is 205 cm³/mol. The minimum Gasteiger partial charge on any atom is -0.481 e. The minimum absolute atomic E-state index is 0.0444. The summed E-state index contributed by atoms with van der Waals surface area (Å²) in [5, 5.41) is 9.45. The first kappa shape index (κ1) is 36.4. The Balaban J connectivity index is 0.000000164. The van der Waals surface area contributed by atoms with Crippen LogP contribution in [0.4, 0.5) is 9.59 Å². The molecule has 0 aromatic heterocycles. The van der Waals surface area contributed by atoms with Gasteiger partial charge in [-0.15, -0.1) is 0 Å². The van der Waals surface area contributed by atoms with E-state index in [1.54, 1.807) is 9.80 Å². The van der Waals surface area contributed by atoms with Crippen molar-refractivity contribution in [2.75, 3.05) is 44.7 Å². The van der Waals surface area contributed by atoms with Crippen LogP contribution in [0.25, 0.3) is 22.3 Å². The first-order valence-corrected chi connectivity index (χ1v) is 19.5. The van der Waals surface area contributed by atoms with E-state index in [1.807, 2.05) is 48.5 Å². The van der Waals surface area contributed by atoms with Crippen molar-refractivity contribution in [1.29, 1.82) is 0 Å². The van der Waals surface area contributed by atoms with Gasteiger partial charge in [0.25, 0.3) is 0 Å². The molecule has 2 aliphatic heterocycles. The van der Waals surface area contributed by atoms with Gasteiger partial charge < -0.3 is 24.4 Å². The summed E-state index contributed by atoms with van der Waals surface area (Å²) in [5.74, 6) is -0.731. The number of benzene rings is 4. The Morgan fingerprint density at radius 3 is 1.19 bits per heavy atom. The molecule has 2 fully saturated rings. The Kier molecular flexibility index (Phi) is 11.2. The molecule has 2 saturated heterocycles. The fraction of sp³-hybridized carbons (Fsp3) is 0.349. The minimum atomic E-state index is -0.780. The number of ketones is 1. The number of nitrogens with zero attached hydrogens (tertiary/aromatic N) is 2. The number of hydrogen-bond donors (Lipinski definition) is 1. The van der Waals surface area contributed by atoms with Gasteiger partial charge in [-0.05, 0) is 70.2 Å². The number of halogens is 1. The zero-order valence-corrected chi connectivity index (χ0v) is 31.1. The Labute approximate surface area is 318 Å². The van der Waals surface area contributed by atoms with Crippen LogP contribution in [-0.2, 0) is 19.1 Å². The van der Waals surface area contributed by atoms with E-state index in [0.29, 0.717) is 70.4 Å². The molecule has 0 saturated carbocycles. The average molecular weight is 780 g/mol. The maximum Gasteiger partial charge on any atom is 0.409 e. The number of rotatable bonds is 7. The molecule has 8 rings (SSSR count). The molecule has 0 atom stereocenters. The van der Waals surface area contributed by atoms with E-state index >= 15 is 0 Å². The van der Waals surface area contributed by atoms with Gasteiger partial charge in [0.15, 0.2) is 0 Å². The number of likely N-dealkylation sites (tertiary alicyclic amines) is 2. The molecule has 0 unspecified atom stereocenters. The molecule has 1 N–H and O–H groups in total. The molecule has 9 nitrogen and oxygen atoms in total. The fourth-order valence-corrected chi connectivity index (χ4v) is 8.63. The highest BCUT2D eigenvalue weighted by molar-refractivity contribution is 9.09. The summed E-state index contributed by atoms with van der Waals surface area (Å²) < 4.78 is 11.3. The zero-order chi connectivity index (χ0) is 36.9. The number of carboxylic acids is 1. The number of carboxylic acid groups (broad SMARTS) is 1. The SMILES string of the molecule is O=C(CBr)C1CCN(C(=O)OCC2c3ccccc3-c3ccccc32)CC1.O=C(O)C1CCN(C(=O)OCC2c3ccccc3-c3ccccc32)CC1. The number of carbonyl (C=O) groups is 4. The van der Waals surface area contributed by atoms with Crippen LogP contribution in [0.15, 0.2) is 97.1 Å². The van der Waals surface area contributed by atoms with Crippen molar-refractivity contribution in [3.8, 4) is 22.3 Å². The summed E-state index contributed by atoms with van der Waals surface area (Å²) in [4.78, 5) is 51.1. The van der Waals surface area contributed by atoms with Crippen molar-refractivity contribution in [2.45, 2.75) is 37.5 Å². The first-order chi connectivity index (χ1) is 25.8. The quantitative estimate of drug-likeness (QED) is 0.188. The lowest BCUT2D eigenvalue weighted by molar-refractivity contribution is -0.143. The van der Waals surface area contributed by atoms with Crippen molar-refractivity contribution in [1.82, 2.24) is 9.80 Å². The second-order valence-electron chi connectivity index (χ2n) is 14.1. The van der Waals surface area contributed by atoms with Gasteiger partial charge in [0, 0.05) is 43.9 Å². The van der Waals surface area contributed by atoms with E-state index in [0.717, 1.165) is 0 Å². The van der Waals surface area contributed by atoms with E-state index < -0.39 is 5.97 Å². The molecule has 0 bridgehead atoms.